The van der Waals surface area contributed by atoms with Crippen molar-refractivity contribution in [3.8, 4) is 5.75 Å². The van der Waals surface area contributed by atoms with E-state index in [4.69, 9.17) is 4.74 Å². The van der Waals surface area contributed by atoms with Crippen LogP contribution in [0.5, 0.6) is 5.75 Å². The van der Waals surface area contributed by atoms with Gasteiger partial charge in [0, 0.05) is 25.2 Å². The first-order valence-corrected chi connectivity index (χ1v) is 11.7. The molecule has 31 heavy (non-hydrogen) atoms. The first kappa shape index (κ1) is 21.1. The quantitative estimate of drug-likeness (QED) is 0.582. The highest BCUT2D eigenvalue weighted by Crippen LogP contribution is 2.23. The Bertz CT molecular complexity index is 1150. The van der Waals surface area contributed by atoms with E-state index in [2.05, 4.69) is 4.72 Å². The highest BCUT2D eigenvalue weighted by molar-refractivity contribution is 7.89. The molecule has 0 saturated carbocycles. The van der Waals surface area contributed by atoms with Gasteiger partial charge in [0.05, 0.1) is 4.90 Å². The molecule has 1 N–H and O–H groups in total. The molecule has 1 aliphatic rings. The van der Waals surface area contributed by atoms with Crippen LogP contribution in [0.15, 0.2) is 83.8 Å². The highest BCUT2D eigenvalue weighted by Gasteiger charge is 2.22. The fraction of sp³-hybridized carbons (Fsp3) is 0.208. The first-order chi connectivity index (χ1) is 15.0. The van der Waals surface area contributed by atoms with Crippen molar-refractivity contribution in [1.82, 2.24) is 4.72 Å². The summed E-state index contributed by atoms with van der Waals surface area (Å²) in [5, 5.41) is 0. The van der Waals surface area contributed by atoms with E-state index in [0.29, 0.717) is 19.6 Å². The molecule has 0 aliphatic carbocycles. The molecule has 6 nitrogen and oxygen atoms in total. The molecular weight excluding hydrogens is 412 g/mol. The number of hydrogen-bond donors (Lipinski definition) is 1. The summed E-state index contributed by atoms with van der Waals surface area (Å²) >= 11 is 0. The van der Waals surface area contributed by atoms with Crippen molar-refractivity contribution in [3.63, 3.8) is 0 Å². The van der Waals surface area contributed by atoms with Gasteiger partial charge in [-0.25, -0.2) is 13.1 Å². The summed E-state index contributed by atoms with van der Waals surface area (Å²) in [6.07, 6.45) is 1.36. The molecule has 1 fully saturated rings. The SMILES string of the molecule is O=C1CCCN1c1ccc(S(=O)(=O)NCc2ccccc2COc2ccccc2)cc1. The van der Waals surface area contributed by atoms with Gasteiger partial charge in [0.2, 0.25) is 15.9 Å². The number of nitrogens with zero attached hydrogens (tertiary/aromatic N) is 1. The third-order valence-electron chi connectivity index (χ3n) is 5.24. The lowest BCUT2D eigenvalue weighted by Crippen LogP contribution is -2.25. The fourth-order valence-electron chi connectivity index (χ4n) is 3.53. The normalized spacial score (nSPS) is 14.1. The van der Waals surface area contributed by atoms with Gasteiger partial charge >= 0.3 is 0 Å². The summed E-state index contributed by atoms with van der Waals surface area (Å²) in [6, 6.07) is 23.5. The molecule has 7 heteroatoms. The molecule has 1 saturated heterocycles. The van der Waals surface area contributed by atoms with Gasteiger partial charge in [-0.05, 0) is 53.9 Å². The number of rotatable bonds is 8. The second kappa shape index (κ2) is 9.32. The van der Waals surface area contributed by atoms with Gasteiger partial charge in [0.1, 0.15) is 12.4 Å². The van der Waals surface area contributed by atoms with Crippen molar-refractivity contribution in [2.45, 2.75) is 30.9 Å². The average Bonchev–Trinajstić information content (AvgIpc) is 3.23. The van der Waals surface area contributed by atoms with Crippen LogP contribution in [-0.4, -0.2) is 20.9 Å². The second-order valence-electron chi connectivity index (χ2n) is 7.34. The van der Waals surface area contributed by atoms with E-state index in [1.807, 2.05) is 54.6 Å². The van der Waals surface area contributed by atoms with Crippen LogP contribution in [0.1, 0.15) is 24.0 Å². The Morgan fingerprint density at radius 2 is 1.55 bits per heavy atom. The number of sulfonamides is 1. The lowest BCUT2D eigenvalue weighted by Gasteiger charge is -2.16. The molecule has 4 rings (SSSR count). The zero-order valence-corrected chi connectivity index (χ0v) is 17.8. The van der Waals surface area contributed by atoms with Crippen LogP contribution in [0.4, 0.5) is 5.69 Å². The largest absolute Gasteiger partial charge is 0.489 e. The summed E-state index contributed by atoms with van der Waals surface area (Å²) in [4.78, 5) is 13.7. The third kappa shape index (κ3) is 5.13. The molecule has 1 amide bonds. The summed E-state index contributed by atoms with van der Waals surface area (Å²) < 4.78 is 34.0. The van der Waals surface area contributed by atoms with E-state index in [1.54, 1.807) is 17.0 Å². The van der Waals surface area contributed by atoms with Gasteiger partial charge in [-0.15, -0.1) is 0 Å². The van der Waals surface area contributed by atoms with Crippen molar-refractivity contribution < 1.29 is 17.9 Å². The van der Waals surface area contributed by atoms with Gasteiger partial charge in [-0.3, -0.25) is 4.79 Å². The number of benzene rings is 3. The number of ether oxygens (including phenoxy) is 1. The van der Waals surface area contributed by atoms with Crippen LogP contribution < -0.4 is 14.4 Å². The van der Waals surface area contributed by atoms with Gasteiger partial charge in [0.25, 0.3) is 0 Å². The Hall–Kier alpha value is -3.16. The Balaban J connectivity index is 1.42. The molecule has 1 heterocycles. The topological polar surface area (TPSA) is 75.7 Å². The monoisotopic (exact) mass is 436 g/mol. The number of hydrogen-bond acceptors (Lipinski definition) is 4. The van der Waals surface area contributed by atoms with Crippen LogP contribution in [0.25, 0.3) is 0 Å². The maximum Gasteiger partial charge on any atom is 0.240 e. The van der Waals surface area contributed by atoms with Gasteiger partial charge in [-0.2, -0.15) is 0 Å². The van der Waals surface area contributed by atoms with Crippen LogP contribution in [-0.2, 0) is 28.0 Å². The summed E-state index contributed by atoms with van der Waals surface area (Å²) in [7, 11) is -3.69. The minimum atomic E-state index is -3.69. The molecule has 3 aromatic carbocycles. The lowest BCUT2D eigenvalue weighted by atomic mass is 10.1. The van der Waals surface area contributed by atoms with Crippen LogP contribution in [0.2, 0.25) is 0 Å². The third-order valence-corrected chi connectivity index (χ3v) is 6.66. The average molecular weight is 437 g/mol. The Kier molecular flexibility index (Phi) is 6.34. The lowest BCUT2D eigenvalue weighted by molar-refractivity contribution is -0.117. The number of carbonyl (C=O) groups is 1. The molecule has 0 unspecified atom stereocenters. The van der Waals surface area contributed by atoms with E-state index >= 15 is 0 Å². The predicted octanol–water partition coefficient (Wildman–Crippen LogP) is 3.87. The van der Waals surface area contributed by atoms with E-state index in [-0.39, 0.29) is 17.3 Å². The van der Waals surface area contributed by atoms with Crippen LogP contribution >= 0.6 is 0 Å². The number of nitrogens with one attached hydrogen (secondary N) is 1. The molecule has 0 atom stereocenters. The zero-order chi connectivity index (χ0) is 21.7. The van der Waals surface area contributed by atoms with Gasteiger partial charge in [0.15, 0.2) is 0 Å². The Labute approximate surface area is 182 Å². The molecule has 1 aliphatic heterocycles. The van der Waals surface area contributed by atoms with E-state index in [1.165, 1.54) is 12.1 Å². The number of para-hydroxylation sites is 1. The molecular formula is C24H24N2O4S. The number of carbonyl (C=O) groups excluding carboxylic acids is 1. The molecule has 0 radical (unpaired) electrons. The van der Waals surface area contributed by atoms with Crippen LogP contribution in [0, 0.1) is 0 Å². The van der Waals surface area contributed by atoms with Crippen molar-refractivity contribution in [2.75, 3.05) is 11.4 Å². The minimum absolute atomic E-state index is 0.0723. The van der Waals surface area contributed by atoms with E-state index in [0.717, 1.165) is 29.0 Å². The maximum absolute atomic E-state index is 12.8. The smallest absolute Gasteiger partial charge is 0.240 e. The second-order valence-corrected chi connectivity index (χ2v) is 9.10. The molecule has 0 spiro atoms. The fourth-order valence-corrected chi connectivity index (χ4v) is 4.54. The molecule has 0 bridgehead atoms. The number of anilines is 1. The van der Waals surface area contributed by atoms with Crippen molar-refractivity contribution >= 4 is 21.6 Å². The van der Waals surface area contributed by atoms with Crippen molar-refractivity contribution in [3.05, 3.63) is 90.0 Å². The van der Waals surface area contributed by atoms with E-state index in [9.17, 15) is 13.2 Å². The molecule has 3 aromatic rings. The van der Waals surface area contributed by atoms with Crippen molar-refractivity contribution in [1.29, 1.82) is 0 Å². The minimum Gasteiger partial charge on any atom is -0.489 e. The molecule has 160 valence electrons. The summed E-state index contributed by atoms with van der Waals surface area (Å²) in [5.41, 5.74) is 2.49. The first-order valence-electron chi connectivity index (χ1n) is 10.2. The maximum atomic E-state index is 12.8. The van der Waals surface area contributed by atoms with Crippen molar-refractivity contribution in [2.24, 2.45) is 0 Å². The van der Waals surface area contributed by atoms with Gasteiger partial charge < -0.3 is 9.64 Å². The van der Waals surface area contributed by atoms with Crippen LogP contribution in [0.3, 0.4) is 0 Å². The number of amides is 1. The Morgan fingerprint density at radius 3 is 2.23 bits per heavy atom. The Morgan fingerprint density at radius 1 is 0.871 bits per heavy atom. The standard InChI is InChI=1S/C24H24N2O4S/c27-24-11-6-16-26(24)21-12-14-23(15-13-21)31(28,29)25-17-19-7-4-5-8-20(19)18-30-22-9-2-1-3-10-22/h1-5,7-10,12-15,25H,6,11,16-18H2. The zero-order valence-electron chi connectivity index (χ0n) is 17.0. The van der Waals surface area contributed by atoms with Gasteiger partial charge in [-0.1, -0.05) is 42.5 Å². The molecule has 0 aromatic heterocycles. The summed E-state index contributed by atoms with van der Waals surface area (Å²) in [5.74, 6) is 0.831. The predicted molar refractivity (Wildman–Crippen MR) is 119 cm³/mol. The highest BCUT2D eigenvalue weighted by atomic mass is 32.2. The van der Waals surface area contributed by atoms with E-state index < -0.39 is 10.0 Å². The summed E-state index contributed by atoms with van der Waals surface area (Å²) in [6.45, 7) is 1.18.